The highest BCUT2D eigenvalue weighted by molar-refractivity contribution is 8.02. The van der Waals surface area contributed by atoms with Crippen LogP contribution in [0.3, 0.4) is 0 Å². The zero-order chi connectivity index (χ0) is 13.5. The normalized spacial score (nSPS) is 20.6. The predicted molar refractivity (Wildman–Crippen MR) is 61.0 cm³/mol. The third-order valence-corrected chi connectivity index (χ3v) is 3.84. The first kappa shape index (κ1) is 13.5. The average molecular weight is 300 g/mol. The van der Waals surface area contributed by atoms with E-state index in [4.69, 9.17) is 11.6 Å². The molecular formula is C10H6ClF4NOS. The largest absolute Gasteiger partial charge is 0.416 e. The van der Waals surface area contributed by atoms with E-state index in [9.17, 15) is 22.4 Å². The van der Waals surface area contributed by atoms with Gasteiger partial charge in [-0.25, -0.2) is 4.39 Å². The van der Waals surface area contributed by atoms with Gasteiger partial charge in [-0.1, -0.05) is 0 Å². The van der Waals surface area contributed by atoms with Crippen LogP contribution in [0.25, 0.3) is 0 Å². The summed E-state index contributed by atoms with van der Waals surface area (Å²) in [6, 6.07) is 1.94. The first-order chi connectivity index (χ1) is 8.30. The van der Waals surface area contributed by atoms with Crippen molar-refractivity contribution < 1.29 is 22.4 Å². The number of carbonyl (C=O) groups is 1. The Morgan fingerprint density at radius 3 is 2.56 bits per heavy atom. The van der Waals surface area contributed by atoms with Crippen LogP contribution in [-0.4, -0.2) is 16.5 Å². The summed E-state index contributed by atoms with van der Waals surface area (Å²) in [6.07, 6.45) is -4.58. The summed E-state index contributed by atoms with van der Waals surface area (Å²) in [5.41, 5.74) is -1.40. The molecule has 0 N–H and O–H groups in total. The Morgan fingerprint density at radius 1 is 1.39 bits per heavy atom. The van der Waals surface area contributed by atoms with Crippen molar-refractivity contribution in [3.63, 3.8) is 0 Å². The monoisotopic (exact) mass is 299 g/mol. The van der Waals surface area contributed by atoms with E-state index >= 15 is 0 Å². The Hall–Kier alpha value is -0.950. The molecule has 0 aliphatic carbocycles. The van der Waals surface area contributed by atoms with Crippen molar-refractivity contribution in [2.24, 2.45) is 0 Å². The smallest absolute Gasteiger partial charge is 0.298 e. The topological polar surface area (TPSA) is 20.3 Å². The molecule has 0 spiro atoms. The van der Waals surface area contributed by atoms with Crippen LogP contribution in [0.4, 0.5) is 23.2 Å². The predicted octanol–water partition coefficient (Wildman–Crippen LogP) is 3.45. The van der Waals surface area contributed by atoms with Gasteiger partial charge in [0.2, 0.25) is 0 Å². The molecule has 8 heteroatoms. The average Bonchev–Trinajstić information content (AvgIpc) is 2.59. The maximum Gasteiger partial charge on any atom is 0.416 e. The number of benzene rings is 1. The lowest BCUT2D eigenvalue weighted by Gasteiger charge is -2.17. The highest BCUT2D eigenvalue weighted by atomic mass is 35.5. The highest BCUT2D eigenvalue weighted by Crippen LogP contribution is 2.36. The van der Waals surface area contributed by atoms with E-state index in [1.807, 2.05) is 0 Å². The minimum atomic E-state index is -4.58. The fourth-order valence-electron chi connectivity index (χ4n) is 1.48. The zero-order valence-corrected chi connectivity index (χ0v) is 10.2. The molecule has 1 amide bonds. The van der Waals surface area contributed by atoms with Crippen LogP contribution in [0.15, 0.2) is 18.2 Å². The molecule has 2 nitrogen and oxygen atoms in total. The molecular weight excluding hydrogens is 294 g/mol. The molecule has 0 radical (unpaired) electrons. The molecule has 2 rings (SSSR count). The minimum absolute atomic E-state index is 0.0330. The number of hydrogen-bond acceptors (Lipinski definition) is 2. The van der Waals surface area contributed by atoms with Gasteiger partial charge in [0.05, 0.1) is 17.1 Å². The Labute approximate surface area is 109 Å². The fraction of sp³-hybridized carbons (Fsp3) is 0.300. The van der Waals surface area contributed by atoms with Crippen LogP contribution in [0.5, 0.6) is 0 Å². The molecule has 1 heterocycles. The Bertz CT molecular complexity index is 493. The first-order valence-corrected chi connectivity index (χ1v) is 6.23. The SMILES string of the molecule is O=C1C(Cl)SCN1c1cc(C(F)(F)F)ccc1F. The summed E-state index contributed by atoms with van der Waals surface area (Å²) in [5, 5.41) is 0. The van der Waals surface area contributed by atoms with Gasteiger partial charge in [-0.2, -0.15) is 13.2 Å². The molecule has 1 fully saturated rings. The second kappa shape index (κ2) is 4.62. The van der Waals surface area contributed by atoms with Crippen molar-refractivity contribution in [1.82, 2.24) is 0 Å². The molecule has 1 unspecified atom stereocenters. The lowest BCUT2D eigenvalue weighted by molar-refractivity contribution is -0.137. The third-order valence-electron chi connectivity index (χ3n) is 2.37. The van der Waals surface area contributed by atoms with Crippen LogP contribution in [0.1, 0.15) is 5.56 Å². The summed E-state index contributed by atoms with van der Waals surface area (Å²) in [6.45, 7) is 0. The third kappa shape index (κ3) is 2.42. The molecule has 0 saturated carbocycles. The van der Waals surface area contributed by atoms with Gasteiger partial charge in [-0.05, 0) is 18.2 Å². The molecule has 1 aliphatic heterocycles. The van der Waals surface area contributed by atoms with Crippen molar-refractivity contribution in [1.29, 1.82) is 0 Å². The van der Waals surface area contributed by atoms with E-state index in [-0.39, 0.29) is 5.88 Å². The van der Waals surface area contributed by atoms with Gasteiger partial charge in [0.15, 0.2) is 4.71 Å². The van der Waals surface area contributed by atoms with Gasteiger partial charge in [0, 0.05) is 0 Å². The minimum Gasteiger partial charge on any atom is -0.298 e. The number of thioether (sulfide) groups is 1. The van der Waals surface area contributed by atoms with Crippen LogP contribution < -0.4 is 4.90 Å². The standard InChI is InChI=1S/C10H6ClF4NOS/c11-8-9(17)16(4-18-8)7-3-5(10(13,14)15)1-2-6(7)12/h1-3,8H,4H2. The molecule has 1 aliphatic rings. The first-order valence-electron chi connectivity index (χ1n) is 4.74. The van der Waals surface area contributed by atoms with E-state index in [1.54, 1.807) is 0 Å². The van der Waals surface area contributed by atoms with Crippen LogP contribution in [0.2, 0.25) is 0 Å². The molecule has 98 valence electrons. The van der Waals surface area contributed by atoms with Gasteiger partial charge >= 0.3 is 6.18 Å². The maximum atomic E-state index is 13.5. The molecule has 1 atom stereocenters. The second-order valence-corrected chi connectivity index (χ2v) is 5.30. The van der Waals surface area contributed by atoms with Crippen molar-refractivity contribution in [2.75, 3.05) is 10.8 Å². The highest BCUT2D eigenvalue weighted by Gasteiger charge is 2.36. The Morgan fingerprint density at radius 2 is 2.06 bits per heavy atom. The van der Waals surface area contributed by atoms with E-state index in [0.29, 0.717) is 18.2 Å². The van der Waals surface area contributed by atoms with Gasteiger partial charge in [-0.15, -0.1) is 23.4 Å². The number of rotatable bonds is 1. The number of nitrogens with zero attached hydrogens (tertiary/aromatic N) is 1. The van der Waals surface area contributed by atoms with Gasteiger partial charge < -0.3 is 0 Å². The number of anilines is 1. The quantitative estimate of drug-likeness (QED) is 0.585. The van der Waals surface area contributed by atoms with Crippen LogP contribution in [-0.2, 0) is 11.0 Å². The van der Waals surface area contributed by atoms with Crippen LogP contribution in [0, 0.1) is 5.82 Å². The summed E-state index contributed by atoms with van der Waals surface area (Å²) in [5.74, 6) is -1.46. The van der Waals surface area contributed by atoms with E-state index < -0.39 is 33.9 Å². The van der Waals surface area contributed by atoms with Crippen molar-refractivity contribution in [3.8, 4) is 0 Å². The summed E-state index contributed by atoms with van der Waals surface area (Å²) in [4.78, 5) is 12.5. The van der Waals surface area contributed by atoms with E-state index in [1.165, 1.54) is 0 Å². The number of hydrogen-bond donors (Lipinski definition) is 0. The molecule has 1 aromatic carbocycles. The van der Waals surface area contributed by atoms with Gasteiger partial charge in [0.25, 0.3) is 5.91 Å². The second-order valence-electron chi connectivity index (χ2n) is 3.54. The van der Waals surface area contributed by atoms with Crippen molar-refractivity contribution in [2.45, 2.75) is 10.9 Å². The number of carbonyl (C=O) groups excluding carboxylic acids is 1. The van der Waals surface area contributed by atoms with Gasteiger partial charge in [0.1, 0.15) is 5.82 Å². The summed E-state index contributed by atoms with van der Waals surface area (Å²) >= 11 is 6.64. The summed E-state index contributed by atoms with van der Waals surface area (Å²) < 4.78 is 50.1. The molecule has 0 bridgehead atoms. The fourth-order valence-corrected chi connectivity index (χ4v) is 2.58. The zero-order valence-electron chi connectivity index (χ0n) is 8.67. The van der Waals surface area contributed by atoms with E-state index in [2.05, 4.69) is 0 Å². The lowest BCUT2D eigenvalue weighted by Crippen LogP contribution is -2.28. The molecule has 1 saturated heterocycles. The summed E-state index contributed by atoms with van der Waals surface area (Å²) in [7, 11) is 0. The van der Waals surface area contributed by atoms with Gasteiger partial charge in [-0.3, -0.25) is 9.69 Å². The maximum absolute atomic E-state index is 13.5. The molecule has 1 aromatic rings. The Balaban J connectivity index is 2.42. The van der Waals surface area contributed by atoms with Crippen LogP contribution >= 0.6 is 23.4 Å². The van der Waals surface area contributed by atoms with Crippen molar-refractivity contribution >= 4 is 35.0 Å². The van der Waals surface area contributed by atoms with Crippen molar-refractivity contribution in [3.05, 3.63) is 29.6 Å². The number of amides is 1. The molecule has 18 heavy (non-hydrogen) atoms. The number of alkyl halides is 4. The molecule has 0 aromatic heterocycles. The number of halogens is 5. The van der Waals surface area contributed by atoms with E-state index in [0.717, 1.165) is 16.7 Å². The lowest BCUT2D eigenvalue weighted by atomic mass is 10.1. The Kier molecular flexibility index (Phi) is 3.46.